The van der Waals surface area contributed by atoms with E-state index in [-0.39, 0.29) is 12.4 Å². The molecular formula is C21H35ClN2O3. The Balaban J connectivity index is 0.00000364. The van der Waals surface area contributed by atoms with Crippen LogP contribution in [-0.2, 0) is 16.1 Å². The van der Waals surface area contributed by atoms with Crippen LogP contribution in [0.4, 0.5) is 10.5 Å². The summed E-state index contributed by atoms with van der Waals surface area (Å²) in [7, 11) is 0. The van der Waals surface area contributed by atoms with Crippen LogP contribution < -0.4 is 5.32 Å². The molecule has 154 valence electrons. The minimum atomic E-state index is -0.391. The summed E-state index contributed by atoms with van der Waals surface area (Å²) in [6.45, 7) is 6.95. The van der Waals surface area contributed by atoms with Crippen molar-refractivity contribution >= 4 is 24.2 Å². The van der Waals surface area contributed by atoms with Gasteiger partial charge in [0.15, 0.2) is 0 Å². The molecule has 0 unspecified atom stereocenters. The summed E-state index contributed by atoms with van der Waals surface area (Å²) in [5, 5.41) is 2.85. The third kappa shape index (κ3) is 9.99. The highest BCUT2D eigenvalue weighted by Gasteiger charge is 2.11. The third-order valence-electron chi connectivity index (χ3n) is 4.74. The number of ether oxygens (including phenoxy) is 2. The van der Waals surface area contributed by atoms with E-state index >= 15 is 0 Å². The number of likely N-dealkylation sites (tertiary alicyclic amines) is 1. The first kappa shape index (κ1) is 23.7. The number of unbranched alkanes of at least 4 members (excludes halogenated alkanes) is 3. The summed E-state index contributed by atoms with van der Waals surface area (Å²) in [5.74, 6) is 0. The van der Waals surface area contributed by atoms with Gasteiger partial charge in [0.25, 0.3) is 0 Å². The molecule has 5 nitrogen and oxygen atoms in total. The topological polar surface area (TPSA) is 50.8 Å². The molecule has 0 atom stereocenters. The van der Waals surface area contributed by atoms with Crippen LogP contribution in [0.2, 0.25) is 0 Å². The Kier molecular flexibility index (Phi) is 12.9. The van der Waals surface area contributed by atoms with Gasteiger partial charge >= 0.3 is 6.09 Å². The third-order valence-corrected chi connectivity index (χ3v) is 4.74. The summed E-state index contributed by atoms with van der Waals surface area (Å²) < 4.78 is 11.1. The van der Waals surface area contributed by atoms with Crippen LogP contribution in [0.25, 0.3) is 0 Å². The van der Waals surface area contributed by atoms with Gasteiger partial charge < -0.3 is 9.47 Å². The van der Waals surface area contributed by atoms with Crippen LogP contribution in [0, 0.1) is 0 Å². The average molecular weight is 399 g/mol. The van der Waals surface area contributed by atoms with Crippen molar-refractivity contribution in [1.82, 2.24) is 4.90 Å². The monoisotopic (exact) mass is 398 g/mol. The minimum Gasteiger partial charge on any atom is -0.448 e. The summed E-state index contributed by atoms with van der Waals surface area (Å²) >= 11 is 0. The summed E-state index contributed by atoms with van der Waals surface area (Å²) in [5.41, 5.74) is 1.75. The van der Waals surface area contributed by atoms with E-state index < -0.39 is 6.09 Å². The first-order chi connectivity index (χ1) is 12.8. The number of nitrogens with one attached hydrogen (secondary N) is 1. The van der Waals surface area contributed by atoms with Crippen LogP contribution in [0.5, 0.6) is 0 Å². The fourth-order valence-corrected chi connectivity index (χ4v) is 3.18. The Labute approximate surface area is 170 Å². The van der Waals surface area contributed by atoms with E-state index in [1.807, 2.05) is 24.3 Å². The minimum absolute atomic E-state index is 0. The number of carbonyl (C=O) groups excluding carboxylic acids is 1. The van der Waals surface area contributed by atoms with Crippen molar-refractivity contribution in [3.05, 3.63) is 29.8 Å². The summed E-state index contributed by atoms with van der Waals surface area (Å²) in [6, 6.07) is 7.74. The molecular weight excluding hydrogens is 364 g/mol. The molecule has 1 fully saturated rings. The van der Waals surface area contributed by atoms with Gasteiger partial charge in [-0.15, -0.1) is 12.4 Å². The molecule has 1 aliphatic heterocycles. The quantitative estimate of drug-likeness (QED) is 0.518. The molecule has 0 spiro atoms. The lowest BCUT2D eigenvalue weighted by atomic mass is 10.1. The van der Waals surface area contributed by atoms with Crippen molar-refractivity contribution in [1.29, 1.82) is 0 Å². The Morgan fingerprint density at radius 2 is 1.85 bits per heavy atom. The first-order valence-electron chi connectivity index (χ1n) is 10.1. The van der Waals surface area contributed by atoms with Gasteiger partial charge in [-0.3, -0.25) is 10.2 Å². The number of carbonyl (C=O) groups is 1. The number of benzene rings is 1. The van der Waals surface area contributed by atoms with Gasteiger partial charge in [-0.25, -0.2) is 4.79 Å². The van der Waals surface area contributed by atoms with Crippen molar-refractivity contribution in [2.45, 2.75) is 58.5 Å². The smallest absolute Gasteiger partial charge is 0.411 e. The predicted molar refractivity (Wildman–Crippen MR) is 113 cm³/mol. The highest BCUT2D eigenvalue weighted by Crippen LogP contribution is 2.17. The number of halogens is 1. The number of rotatable bonds is 11. The highest BCUT2D eigenvalue weighted by atomic mass is 35.5. The highest BCUT2D eigenvalue weighted by molar-refractivity contribution is 5.85. The molecule has 0 saturated carbocycles. The second-order valence-electron chi connectivity index (χ2n) is 6.93. The molecule has 27 heavy (non-hydrogen) atoms. The van der Waals surface area contributed by atoms with E-state index in [4.69, 9.17) is 9.47 Å². The average Bonchev–Trinajstić information content (AvgIpc) is 2.66. The van der Waals surface area contributed by atoms with Crippen molar-refractivity contribution in [2.24, 2.45) is 0 Å². The SMILES string of the molecule is CCCCCCOCc1ccccc1NC(=O)OCCN1CCCCC1.Cl. The van der Waals surface area contributed by atoms with Gasteiger partial charge in [0, 0.05) is 24.4 Å². The van der Waals surface area contributed by atoms with Crippen LogP contribution in [0.1, 0.15) is 57.4 Å². The number of hydrogen-bond acceptors (Lipinski definition) is 4. The largest absolute Gasteiger partial charge is 0.448 e. The summed E-state index contributed by atoms with van der Waals surface area (Å²) in [6.07, 6.45) is 8.20. The number of hydrogen-bond donors (Lipinski definition) is 1. The molecule has 1 N–H and O–H groups in total. The van der Waals surface area contributed by atoms with Crippen molar-refractivity contribution in [3.8, 4) is 0 Å². The van der Waals surface area contributed by atoms with E-state index in [1.54, 1.807) is 0 Å². The molecule has 1 saturated heterocycles. The van der Waals surface area contributed by atoms with Crippen LogP contribution >= 0.6 is 12.4 Å². The molecule has 0 aromatic heterocycles. The van der Waals surface area contributed by atoms with Crippen molar-refractivity contribution < 1.29 is 14.3 Å². The fraction of sp³-hybridized carbons (Fsp3) is 0.667. The molecule has 0 aliphatic carbocycles. The lowest BCUT2D eigenvalue weighted by molar-refractivity contribution is 0.117. The maximum absolute atomic E-state index is 12.1. The normalized spacial score (nSPS) is 14.4. The summed E-state index contributed by atoms with van der Waals surface area (Å²) in [4.78, 5) is 14.4. The maximum Gasteiger partial charge on any atom is 0.411 e. The Hall–Kier alpha value is -1.30. The number of nitrogens with zero attached hydrogens (tertiary/aromatic N) is 1. The number of para-hydroxylation sites is 1. The Morgan fingerprint density at radius 1 is 1.07 bits per heavy atom. The standard InChI is InChI=1S/C21H34N2O3.ClH/c1-2-3-4-10-16-25-18-19-11-6-7-12-20(19)22-21(24)26-17-15-23-13-8-5-9-14-23;/h6-7,11-12H,2-5,8-10,13-18H2,1H3,(H,22,24);1H. The zero-order chi connectivity index (χ0) is 18.5. The van der Waals surface area contributed by atoms with Crippen LogP contribution in [0.3, 0.4) is 0 Å². The fourth-order valence-electron chi connectivity index (χ4n) is 3.18. The molecule has 0 radical (unpaired) electrons. The van der Waals surface area contributed by atoms with Gasteiger partial charge in [-0.1, -0.05) is 50.8 Å². The van der Waals surface area contributed by atoms with E-state index in [2.05, 4.69) is 17.1 Å². The molecule has 1 aliphatic rings. The molecule has 6 heteroatoms. The predicted octanol–water partition coefficient (Wildman–Crippen LogP) is 5.24. The zero-order valence-electron chi connectivity index (χ0n) is 16.6. The van der Waals surface area contributed by atoms with Gasteiger partial charge in [0.2, 0.25) is 0 Å². The van der Waals surface area contributed by atoms with E-state index in [1.165, 1.54) is 38.5 Å². The van der Waals surface area contributed by atoms with Crippen LogP contribution in [-0.4, -0.2) is 43.8 Å². The van der Waals surface area contributed by atoms with Crippen molar-refractivity contribution in [3.63, 3.8) is 0 Å². The second kappa shape index (κ2) is 14.7. The Morgan fingerprint density at radius 3 is 2.63 bits per heavy atom. The second-order valence-corrected chi connectivity index (χ2v) is 6.93. The molecule has 0 bridgehead atoms. The van der Waals surface area contributed by atoms with Gasteiger partial charge in [-0.2, -0.15) is 0 Å². The lowest BCUT2D eigenvalue weighted by Gasteiger charge is -2.25. The van der Waals surface area contributed by atoms with Gasteiger partial charge in [0.1, 0.15) is 6.61 Å². The van der Waals surface area contributed by atoms with Crippen LogP contribution in [0.15, 0.2) is 24.3 Å². The Bertz CT molecular complexity index is 522. The van der Waals surface area contributed by atoms with Gasteiger partial charge in [-0.05, 0) is 38.4 Å². The van der Waals surface area contributed by atoms with E-state index in [0.717, 1.165) is 43.9 Å². The maximum atomic E-state index is 12.1. The molecule has 1 aromatic rings. The molecule has 1 aromatic carbocycles. The molecule has 2 rings (SSSR count). The number of piperidine rings is 1. The number of amides is 1. The zero-order valence-corrected chi connectivity index (χ0v) is 17.4. The van der Waals surface area contributed by atoms with E-state index in [0.29, 0.717) is 13.2 Å². The van der Waals surface area contributed by atoms with Gasteiger partial charge in [0.05, 0.1) is 6.61 Å². The first-order valence-corrected chi connectivity index (χ1v) is 10.1. The molecule has 1 heterocycles. The lowest BCUT2D eigenvalue weighted by Crippen LogP contribution is -2.33. The van der Waals surface area contributed by atoms with Crippen molar-refractivity contribution in [2.75, 3.05) is 38.2 Å². The number of anilines is 1. The molecule has 1 amide bonds. The van der Waals surface area contributed by atoms with E-state index in [9.17, 15) is 4.79 Å².